The van der Waals surface area contributed by atoms with E-state index in [0.29, 0.717) is 24.5 Å². The first-order valence-electron chi connectivity index (χ1n) is 9.00. The van der Waals surface area contributed by atoms with Gasteiger partial charge in [-0.2, -0.15) is 0 Å². The summed E-state index contributed by atoms with van der Waals surface area (Å²) in [6, 6.07) is 7.76. The van der Waals surface area contributed by atoms with Gasteiger partial charge in [0.25, 0.3) is 0 Å². The van der Waals surface area contributed by atoms with Gasteiger partial charge in [0.2, 0.25) is 15.9 Å². The van der Waals surface area contributed by atoms with Gasteiger partial charge in [-0.3, -0.25) is 4.79 Å². The Kier molecular flexibility index (Phi) is 6.02. The Morgan fingerprint density at radius 3 is 2.52 bits per heavy atom. The second kappa shape index (κ2) is 8.06. The molecule has 1 amide bonds. The Morgan fingerprint density at radius 1 is 1.08 bits per heavy atom. The second-order valence-corrected chi connectivity index (χ2v) is 9.35. The fourth-order valence-corrected chi connectivity index (χ4v) is 5.40. The van der Waals surface area contributed by atoms with Crippen molar-refractivity contribution in [1.82, 2.24) is 9.21 Å². The van der Waals surface area contributed by atoms with Gasteiger partial charge in [-0.1, -0.05) is 36.6 Å². The number of hydrogen-bond donors (Lipinski definition) is 0. The van der Waals surface area contributed by atoms with Crippen LogP contribution in [-0.4, -0.2) is 48.9 Å². The number of halogens is 1. The van der Waals surface area contributed by atoms with Crippen LogP contribution in [0.2, 0.25) is 5.02 Å². The van der Waals surface area contributed by atoms with Crippen molar-refractivity contribution in [2.45, 2.75) is 44.6 Å². The van der Waals surface area contributed by atoms with E-state index >= 15 is 0 Å². The zero-order chi connectivity index (χ0) is 17.9. The SMILES string of the molecule is O=C(CCN1CCCS1(=O)=O)N1CCCCCC1c1ccc(Cl)cc1. The van der Waals surface area contributed by atoms with Crippen LogP contribution in [0.3, 0.4) is 0 Å². The number of likely N-dealkylation sites (tertiary alicyclic amines) is 1. The van der Waals surface area contributed by atoms with Gasteiger partial charge in [-0.05, 0) is 37.0 Å². The number of carbonyl (C=O) groups is 1. The van der Waals surface area contributed by atoms with Crippen molar-refractivity contribution in [2.24, 2.45) is 0 Å². The molecular formula is C18H25ClN2O3S. The molecule has 0 radical (unpaired) electrons. The predicted octanol–water partition coefficient (Wildman–Crippen LogP) is 3.21. The molecule has 5 nitrogen and oxygen atoms in total. The van der Waals surface area contributed by atoms with Crippen molar-refractivity contribution < 1.29 is 13.2 Å². The molecule has 0 aliphatic carbocycles. The fraction of sp³-hybridized carbons (Fsp3) is 0.611. The van der Waals surface area contributed by atoms with E-state index in [9.17, 15) is 13.2 Å². The summed E-state index contributed by atoms with van der Waals surface area (Å²) in [7, 11) is -3.14. The molecule has 2 saturated heterocycles. The smallest absolute Gasteiger partial charge is 0.224 e. The van der Waals surface area contributed by atoms with Crippen molar-refractivity contribution >= 4 is 27.5 Å². The van der Waals surface area contributed by atoms with Crippen molar-refractivity contribution in [3.8, 4) is 0 Å². The highest BCUT2D eigenvalue weighted by Gasteiger charge is 2.31. The molecule has 0 N–H and O–H groups in total. The van der Waals surface area contributed by atoms with E-state index in [4.69, 9.17) is 11.6 Å². The minimum absolute atomic E-state index is 0.0453. The molecule has 0 bridgehead atoms. The van der Waals surface area contributed by atoms with Gasteiger partial charge < -0.3 is 4.90 Å². The molecule has 2 aliphatic rings. The van der Waals surface area contributed by atoms with E-state index in [0.717, 1.165) is 37.8 Å². The predicted molar refractivity (Wildman–Crippen MR) is 99.0 cm³/mol. The zero-order valence-corrected chi connectivity index (χ0v) is 15.9. The molecule has 0 aromatic heterocycles. The summed E-state index contributed by atoms with van der Waals surface area (Å²) in [5.74, 6) is 0.252. The lowest BCUT2D eigenvalue weighted by Gasteiger charge is -2.31. The van der Waals surface area contributed by atoms with Crippen LogP contribution in [0, 0.1) is 0 Å². The number of hydrogen-bond acceptors (Lipinski definition) is 3. The maximum absolute atomic E-state index is 12.8. The molecule has 2 fully saturated rings. The maximum Gasteiger partial charge on any atom is 0.224 e. The minimum atomic E-state index is -3.14. The minimum Gasteiger partial charge on any atom is -0.336 e. The number of nitrogens with zero attached hydrogens (tertiary/aromatic N) is 2. The van der Waals surface area contributed by atoms with Gasteiger partial charge in [0.15, 0.2) is 0 Å². The molecule has 2 heterocycles. The molecule has 1 atom stereocenters. The van der Waals surface area contributed by atoms with Crippen LogP contribution in [0.5, 0.6) is 0 Å². The second-order valence-electron chi connectivity index (χ2n) is 6.82. The topological polar surface area (TPSA) is 57.7 Å². The van der Waals surface area contributed by atoms with Crippen LogP contribution >= 0.6 is 11.6 Å². The van der Waals surface area contributed by atoms with Crippen molar-refractivity contribution in [1.29, 1.82) is 0 Å². The molecule has 2 aliphatic heterocycles. The first-order valence-corrected chi connectivity index (χ1v) is 11.0. The van der Waals surface area contributed by atoms with Gasteiger partial charge in [-0.25, -0.2) is 12.7 Å². The Balaban J connectivity index is 1.70. The van der Waals surface area contributed by atoms with Crippen LogP contribution in [0.25, 0.3) is 0 Å². The number of carbonyl (C=O) groups excluding carboxylic acids is 1. The summed E-state index contributed by atoms with van der Waals surface area (Å²) in [4.78, 5) is 14.8. The highest BCUT2D eigenvalue weighted by Crippen LogP contribution is 2.31. The Morgan fingerprint density at radius 2 is 1.84 bits per heavy atom. The summed E-state index contributed by atoms with van der Waals surface area (Å²) in [5, 5.41) is 0.689. The van der Waals surface area contributed by atoms with E-state index in [1.165, 1.54) is 4.31 Å². The van der Waals surface area contributed by atoms with Crippen molar-refractivity contribution in [3.05, 3.63) is 34.9 Å². The molecule has 138 valence electrons. The zero-order valence-electron chi connectivity index (χ0n) is 14.4. The van der Waals surface area contributed by atoms with Crippen LogP contribution in [0.1, 0.15) is 50.1 Å². The lowest BCUT2D eigenvalue weighted by molar-refractivity contribution is -0.133. The highest BCUT2D eigenvalue weighted by molar-refractivity contribution is 7.89. The third-order valence-electron chi connectivity index (χ3n) is 5.11. The molecule has 1 aromatic rings. The fourth-order valence-electron chi connectivity index (χ4n) is 3.74. The first-order chi connectivity index (χ1) is 12.0. The largest absolute Gasteiger partial charge is 0.336 e. The highest BCUT2D eigenvalue weighted by atomic mass is 35.5. The van der Waals surface area contributed by atoms with E-state index in [2.05, 4.69) is 0 Å². The Hall–Kier alpha value is -1.11. The Labute approximate surface area is 155 Å². The van der Waals surface area contributed by atoms with Crippen molar-refractivity contribution in [2.75, 3.05) is 25.4 Å². The standard InChI is InChI=1S/C18H25ClN2O3S/c19-16-8-6-15(7-9-16)17-5-2-1-3-12-21(17)18(22)10-13-20-11-4-14-25(20,23)24/h6-9,17H,1-5,10-14H2. The van der Waals surface area contributed by atoms with E-state index in [1.54, 1.807) is 0 Å². The van der Waals surface area contributed by atoms with Crippen LogP contribution in [0.15, 0.2) is 24.3 Å². The van der Waals surface area contributed by atoms with Gasteiger partial charge in [0, 0.05) is 31.1 Å². The number of amides is 1. The van der Waals surface area contributed by atoms with E-state index in [1.807, 2.05) is 29.2 Å². The summed E-state index contributed by atoms with van der Waals surface area (Å²) in [6.45, 7) is 1.57. The maximum atomic E-state index is 12.8. The molecule has 3 rings (SSSR count). The summed E-state index contributed by atoms with van der Waals surface area (Å²) >= 11 is 5.99. The Bertz CT molecular complexity index is 706. The molecule has 7 heteroatoms. The van der Waals surface area contributed by atoms with Crippen LogP contribution < -0.4 is 0 Å². The molecule has 0 spiro atoms. The molecule has 0 saturated carbocycles. The summed E-state index contributed by atoms with van der Waals surface area (Å²) < 4.78 is 25.3. The third-order valence-corrected chi connectivity index (χ3v) is 7.31. The average Bonchev–Trinajstić information content (AvgIpc) is 2.78. The van der Waals surface area contributed by atoms with Crippen LogP contribution in [0.4, 0.5) is 0 Å². The van der Waals surface area contributed by atoms with E-state index in [-0.39, 0.29) is 24.1 Å². The third kappa shape index (κ3) is 4.54. The summed E-state index contributed by atoms with van der Waals surface area (Å²) in [6.07, 6.45) is 5.07. The lowest BCUT2D eigenvalue weighted by atomic mass is 10.0. The van der Waals surface area contributed by atoms with Gasteiger partial charge in [0.1, 0.15) is 0 Å². The summed E-state index contributed by atoms with van der Waals surface area (Å²) in [5.41, 5.74) is 1.11. The van der Waals surface area contributed by atoms with Crippen LogP contribution in [-0.2, 0) is 14.8 Å². The lowest BCUT2D eigenvalue weighted by Crippen LogP contribution is -2.37. The van der Waals surface area contributed by atoms with Gasteiger partial charge >= 0.3 is 0 Å². The quantitative estimate of drug-likeness (QED) is 0.800. The first kappa shape index (κ1) is 18.7. The molecule has 1 aromatic carbocycles. The normalized spacial score (nSPS) is 24.2. The average molecular weight is 385 g/mol. The van der Waals surface area contributed by atoms with Gasteiger partial charge in [0.05, 0.1) is 11.8 Å². The molecule has 25 heavy (non-hydrogen) atoms. The van der Waals surface area contributed by atoms with Crippen molar-refractivity contribution in [3.63, 3.8) is 0 Å². The number of rotatable bonds is 4. The number of sulfonamides is 1. The monoisotopic (exact) mass is 384 g/mol. The molecular weight excluding hydrogens is 360 g/mol. The molecule has 1 unspecified atom stereocenters. The van der Waals surface area contributed by atoms with E-state index < -0.39 is 10.0 Å². The van der Waals surface area contributed by atoms with Gasteiger partial charge in [-0.15, -0.1) is 0 Å². The number of benzene rings is 1.